The van der Waals surface area contributed by atoms with Crippen LogP contribution in [0.3, 0.4) is 0 Å². The molecule has 0 spiro atoms. The summed E-state index contributed by atoms with van der Waals surface area (Å²) in [7, 11) is 3.57. The van der Waals surface area contributed by atoms with E-state index in [2.05, 4.69) is 31.3 Å². The summed E-state index contributed by atoms with van der Waals surface area (Å²) in [5, 5.41) is 3.14. The van der Waals surface area contributed by atoms with Crippen molar-refractivity contribution >= 4 is 0 Å². The molecular formula is C12H19NO2. The van der Waals surface area contributed by atoms with Gasteiger partial charge in [-0.2, -0.15) is 0 Å². The smallest absolute Gasteiger partial charge is 0.188 e. The van der Waals surface area contributed by atoms with Gasteiger partial charge in [0, 0.05) is 13.7 Å². The summed E-state index contributed by atoms with van der Waals surface area (Å²) in [5.74, 6) is 0.928. The van der Waals surface area contributed by atoms with E-state index in [4.69, 9.17) is 9.47 Å². The van der Waals surface area contributed by atoms with Gasteiger partial charge in [-0.1, -0.05) is 12.1 Å². The van der Waals surface area contributed by atoms with Crippen LogP contribution in [0.2, 0.25) is 0 Å². The Morgan fingerprint density at radius 1 is 1.20 bits per heavy atom. The Hall–Kier alpha value is -1.06. The summed E-state index contributed by atoms with van der Waals surface area (Å²) >= 11 is 0. The largest absolute Gasteiger partial charge is 0.467 e. The zero-order chi connectivity index (χ0) is 11.3. The topological polar surface area (TPSA) is 30.5 Å². The number of nitrogens with one attached hydrogen (secondary N) is 1. The second-order valence-corrected chi connectivity index (χ2v) is 3.64. The van der Waals surface area contributed by atoms with E-state index in [1.807, 2.05) is 7.05 Å². The number of benzene rings is 1. The molecule has 0 heterocycles. The molecule has 0 aromatic heterocycles. The van der Waals surface area contributed by atoms with Gasteiger partial charge in [0.15, 0.2) is 6.79 Å². The van der Waals surface area contributed by atoms with Crippen LogP contribution in [0.5, 0.6) is 5.75 Å². The Labute approximate surface area is 91.4 Å². The molecule has 0 saturated carbocycles. The molecule has 0 atom stereocenters. The van der Waals surface area contributed by atoms with Gasteiger partial charge in [-0.25, -0.2) is 0 Å². The third-order valence-electron chi connectivity index (χ3n) is 2.22. The van der Waals surface area contributed by atoms with E-state index in [1.54, 1.807) is 7.11 Å². The minimum atomic E-state index is 0.299. The molecule has 3 nitrogen and oxygen atoms in total. The fourth-order valence-corrected chi connectivity index (χ4v) is 1.69. The van der Waals surface area contributed by atoms with Gasteiger partial charge in [-0.05, 0) is 37.6 Å². The second kappa shape index (κ2) is 5.73. The van der Waals surface area contributed by atoms with Crippen molar-refractivity contribution in [2.24, 2.45) is 0 Å². The van der Waals surface area contributed by atoms with Crippen LogP contribution < -0.4 is 10.1 Å². The van der Waals surface area contributed by atoms with Gasteiger partial charge in [0.1, 0.15) is 5.75 Å². The van der Waals surface area contributed by atoms with Crippen LogP contribution in [0.1, 0.15) is 16.7 Å². The van der Waals surface area contributed by atoms with E-state index in [9.17, 15) is 0 Å². The number of hydrogen-bond donors (Lipinski definition) is 1. The molecule has 0 fully saturated rings. The summed E-state index contributed by atoms with van der Waals surface area (Å²) in [5.41, 5.74) is 3.58. The van der Waals surface area contributed by atoms with Gasteiger partial charge in [0.05, 0.1) is 0 Å². The highest BCUT2D eigenvalue weighted by atomic mass is 16.7. The second-order valence-electron chi connectivity index (χ2n) is 3.64. The summed E-state index contributed by atoms with van der Waals surface area (Å²) in [6, 6.07) is 4.27. The van der Waals surface area contributed by atoms with Gasteiger partial charge in [-0.15, -0.1) is 0 Å². The van der Waals surface area contributed by atoms with E-state index < -0.39 is 0 Å². The number of ether oxygens (including phenoxy) is 2. The molecule has 0 bridgehead atoms. The highest BCUT2D eigenvalue weighted by molar-refractivity contribution is 5.43. The van der Waals surface area contributed by atoms with Gasteiger partial charge >= 0.3 is 0 Å². The maximum Gasteiger partial charge on any atom is 0.188 e. The molecular weight excluding hydrogens is 190 g/mol. The van der Waals surface area contributed by atoms with E-state index in [0.717, 1.165) is 23.4 Å². The van der Waals surface area contributed by atoms with Crippen LogP contribution in [0.4, 0.5) is 0 Å². The first kappa shape index (κ1) is 12.0. The SMILES string of the molecule is CNCc1cc(C)c(OCOC)c(C)c1. The Morgan fingerprint density at radius 2 is 1.80 bits per heavy atom. The van der Waals surface area contributed by atoms with Crippen molar-refractivity contribution in [2.45, 2.75) is 20.4 Å². The van der Waals surface area contributed by atoms with Crippen molar-refractivity contribution in [2.75, 3.05) is 21.0 Å². The standard InChI is InChI=1S/C12H19NO2/c1-9-5-11(7-13-3)6-10(2)12(9)15-8-14-4/h5-6,13H,7-8H2,1-4H3. The molecule has 0 aliphatic rings. The number of aryl methyl sites for hydroxylation is 2. The minimum absolute atomic E-state index is 0.299. The van der Waals surface area contributed by atoms with Crippen molar-refractivity contribution < 1.29 is 9.47 Å². The summed E-state index contributed by atoms with van der Waals surface area (Å²) in [6.07, 6.45) is 0. The highest BCUT2D eigenvalue weighted by Gasteiger charge is 2.05. The molecule has 1 N–H and O–H groups in total. The first-order valence-electron chi connectivity index (χ1n) is 5.05. The zero-order valence-corrected chi connectivity index (χ0v) is 9.89. The Morgan fingerprint density at radius 3 is 2.27 bits per heavy atom. The fraction of sp³-hybridized carbons (Fsp3) is 0.500. The molecule has 0 unspecified atom stereocenters. The van der Waals surface area contributed by atoms with Crippen molar-refractivity contribution in [3.63, 3.8) is 0 Å². The summed E-state index contributed by atoms with van der Waals surface area (Å²) < 4.78 is 10.4. The molecule has 15 heavy (non-hydrogen) atoms. The maximum absolute atomic E-state index is 5.51. The molecule has 0 aliphatic carbocycles. The molecule has 1 aromatic rings. The summed E-state index contributed by atoms with van der Waals surface area (Å²) in [6.45, 7) is 5.29. The molecule has 84 valence electrons. The first-order valence-corrected chi connectivity index (χ1v) is 5.05. The molecule has 0 aliphatic heterocycles. The van der Waals surface area contributed by atoms with Gasteiger partial charge in [-0.3, -0.25) is 0 Å². The van der Waals surface area contributed by atoms with Crippen molar-refractivity contribution in [3.05, 3.63) is 28.8 Å². The van der Waals surface area contributed by atoms with Crippen molar-refractivity contribution in [1.82, 2.24) is 5.32 Å². The van der Waals surface area contributed by atoms with Gasteiger partial charge in [0.25, 0.3) is 0 Å². The maximum atomic E-state index is 5.51. The zero-order valence-electron chi connectivity index (χ0n) is 9.89. The average Bonchev–Trinajstić information content (AvgIpc) is 2.17. The molecule has 0 saturated heterocycles. The van der Waals surface area contributed by atoms with Crippen molar-refractivity contribution in [1.29, 1.82) is 0 Å². The minimum Gasteiger partial charge on any atom is -0.467 e. The van der Waals surface area contributed by atoms with Crippen LogP contribution in [0.15, 0.2) is 12.1 Å². The van der Waals surface area contributed by atoms with E-state index in [-0.39, 0.29) is 0 Å². The monoisotopic (exact) mass is 209 g/mol. The Balaban J connectivity index is 2.88. The van der Waals surface area contributed by atoms with E-state index in [1.165, 1.54) is 5.56 Å². The van der Waals surface area contributed by atoms with E-state index in [0.29, 0.717) is 6.79 Å². The predicted molar refractivity (Wildman–Crippen MR) is 61.2 cm³/mol. The quantitative estimate of drug-likeness (QED) is 0.752. The third kappa shape index (κ3) is 3.22. The summed E-state index contributed by atoms with van der Waals surface area (Å²) in [4.78, 5) is 0. The van der Waals surface area contributed by atoms with Crippen LogP contribution in [-0.2, 0) is 11.3 Å². The predicted octanol–water partition coefficient (Wildman–Crippen LogP) is 2.01. The molecule has 1 aromatic carbocycles. The number of rotatable bonds is 5. The lowest BCUT2D eigenvalue weighted by Crippen LogP contribution is -2.07. The Bertz CT molecular complexity index is 300. The van der Waals surface area contributed by atoms with E-state index >= 15 is 0 Å². The lowest BCUT2D eigenvalue weighted by molar-refractivity contribution is 0.0501. The van der Waals surface area contributed by atoms with Gasteiger partial charge in [0.2, 0.25) is 0 Å². The normalized spacial score (nSPS) is 10.4. The van der Waals surface area contributed by atoms with Crippen LogP contribution in [0, 0.1) is 13.8 Å². The van der Waals surface area contributed by atoms with Crippen LogP contribution >= 0.6 is 0 Å². The average molecular weight is 209 g/mol. The molecule has 1 rings (SSSR count). The molecule has 3 heteroatoms. The first-order chi connectivity index (χ1) is 7.19. The van der Waals surface area contributed by atoms with Crippen molar-refractivity contribution in [3.8, 4) is 5.75 Å². The van der Waals surface area contributed by atoms with Crippen LogP contribution in [0.25, 0.3) is 0 Å². The lowest BCUT2D eigenvalue weighted by Gasteiger charge is -2.13. The molecule has 0 radical (unpaired) electrons. The number of hydrogen-bond acceptors (Lipinski definition) is 3. The fourth-order valence-electron chi connectivity index (χ4n) is 1.69. The lowest BCUT2D eigenvalue weighted by atomic mass is 10.1. The number of methoxy groups -OCH3 is 1. The highest BCUT2D eigenvalue weighted by Crippen LogP contribution is 2.24. The van der Waals surface area contributed by atoms with Crippen LogP contribution in [-0.4, -0.2) is 21.0 Å². The van der Waals surface area contributed by atoms with Gasteiger partial charge < -0.3 is 14.8 Å². The third-order valence-corrected chi connectivity index (χ3v) is 2.22. The Kier molecular flexibility index (Phi) is 4.59. The molecule has 0 amide bonds.